The van der Waals surface area contributed by atoms with Gasteiger partial charge in [0.1, 0.15) is 17.9 Å². The molecule has 0 heterocycles. The molecule has 0 unspecified atom stereocenters. The van der Waals surface area contributed by atoms with Crippen molar-refractivity contribution < 1.29 is 14.3 Å². The van der Waals surface area contributed by atoms with Crippen LogP contribution in [0.5, 0.6) is 5.75 Å². The van der Waals surface area contributed by atoms with E-state index in [4.69, 9.17) is 21.7 Å². The molecule has 0 amide bonds. The zero-order valence-corrected chi connectivity index (χ0v) is 14.6. The van der Waals surface area contributed by atoms with Gasteiger partial charge in [0.15, 0.2) is 5.11 Å². The van der Waals surface area contributed by atoms with Crippen LogP contribution in [0.1, 0.15) is 27.7 Å². The van der Waals surface area contributed by atoms with Crippen LogP contribution in [0.3, 0.4) is 0 Å². The zero-order valence-electron chi connectivity index (χ0n) is 13.8. The number of nitrogens with one attached hydrogen (secondary N) is 1. The summed E-state index contributed by atoms with van der Waals surface area (Å²) in [4.78, 5) is 13.5. The van der Waals surface area contributed by atoms with Crippen LogP contribution >= 0.6 is 12.2 Å². The van der Waals surface area contributed by atoms with E-state index in [1.807, 2.05) is 52.0 Å². The van der Waals surface area contributed by atoms with Gasteiger partial charge in [-0.15, -0.1) is 0 Å². The number of anilines is 1. The van der Waals surface area contributed by atoms with Crippen LogP contribution in [0.4, 0.5) is 5.69 Å². The fraction of sp³-hybridized carbons (Fsp3) is 0.500. The molecule has 22 heavy (non-hydrogen) atoms. The van der Waals surface area contributed by atoms with Crippen LogP contribution in [0.25, 0.3) is 0 Å². The van der Waals surface area contributed by atoms with Gasteiger partial charge in [-0.2, -0.15) is 0 Å². The normalized spacial score (nSPS) is 10.8. The molecule has 0 bridgehead atoms. The lowest BCUT2D eigenvalue weighted by Gasteiger charge is -2.24. The van der Waals surface area contributed by atoms with E-state index < -0.39 is 5.60 Å². The van der Waals surface area contributed by atoms with Crippen molar-refractivity contribution in [3.05, 3.63) is 24.3 Å². The first-order chi connectivity index (χ1) is 10.2. The lowest BCUT2D eigenvalue weighted by atomic mass is 10.2. The minimum absolute atomic E-state index is 0.0832. The molecule has 0 saturated heterocycles. The third-order valence-electron chi connectivity index (χ3n) is 2.56. The molecule has 6 heteroatoms. The second-order valence-electron chi connectivity index (χ2n) is 5.80. The van der Waals surface area contributed by atoms with E-state index in [0.717, 1.165) is 11.4 Å². The Labute approximate surface area is 137 Å². The van der Waals surface area contributed by atoms with Gasteiger partial charge in [0, 0.05) is 7.05 Å². The number of carbonyl (C=O) groups is 1. The van der Waals surface area contributed by atoms with E-state index in [0.29, 0.717) is 11.7 Å². The molecule has 1 aromatic carbocycles. The monoisotopic (exact) mass is 324 g/mol. The average molecular weight is 324 g/mol. The van der Waals surface area contributed by atoms with E-state index in [9.17, 15) is 4.79 Å². The molecule has 1 N–H and O–H groups in total. The summed E-state index contributed by atoms with van der Waals surface area (Å²) in [7, 11) is 1.74. The molecule has 0 radical (unpaired) electrons. The summed E-state index contributed by atoms with van der Waals surface area (Å²) in [5.74, 6) is 0.398. The van der Waals surface area contributed by atoms with Crippen LogP contribution in [-0.4, -0.2) is 41.8 Å². The number of thiocarbonyl (C=S) groups is 1. The summed E-state index contributed by atoms with van der Waals surface area (Å²) < 4.78 is 10.8. The standard InChI is InChI=1S/C16H24N2O3S/c1-6-20-13-10-8-7-9-12(13)17-15(22)18(5)11-14(19)21-16(2,3)4/h7-10H,6,11H2,1-5H3,(H,17,22). The molecular formula is C16H24N2O3S. The minimum atomic E-state index is -0.505. The number of ether oxygens (including phenoxy) is 2. The fourth-order valence-electron chi connectivity index (χ4n) is 1.70. The molecule has 1 aromatic rings. The predicted octanol–water partition coefficient (Wildman–Crippen LogP) is 3.06. The van der Waals surface area contributed by atoms with Gasteiger partial charge in [-0.05, 0) is 52.0 Å². The summed E-state index contributed by atoms with van der Waals surface area (Å²) >= 11 is 5.31. The Morgan fingerprint density at radius 3 is 2.55 bits per heavy atom. The second-order valence-corrected chi connectivity index (χ2v) is 6.19. The first-order valence-corrected chi connectivity index (χ1v) is 7.59. The number of benzene rings is 1. The molecule has 5 nitrogen and oxygen atoms in total. The Hall–Kier alpha value is -1.82. The molecule has 0 aliphatic rings. The highest BCUT2D eigenvalue weighted by Gasteiger charge is 2.19. The highest BCUT2D eigenvalue weighted by molar-refractivity contribution is 7.80. The predicted molar refractivity (Wildman–Crippen MR) is 92.3 cm³/mol. The number of carbonyl (C=O) groups excluding carboxylic acids is 1. The highest BCUT2D eigenvalue weighted by atomic mass is 32.1. The third kappa shape index (κ3) is 6.30. The van der Waals surface area contributed by atoms with Crippen LogP contribution in [0, 0.1) is 0 Å². The minimum Gasteiger partial charge on any atom is -0.492 e. The van der Waals surface area contributed by atoms with E-state index in [2.05, 4.69) is 5.32 Å². The molecule has 1 rings (SSSR count). The van der Waals surface area contributed by atoms with Crippen LogP contribution in [-0.2, 0) is 9.53 Å². The number of para-hydroxylation sites is 2. The molecular weight excluding hydrogens is 300 g/mol. The molecule has 0 atom stereocenters. The summed E-state index contributed by atoms with van der Waals surface area (Å²) in [6.07, 6.45) is 0. The third-order valence-corrected chi connectivity index (χ3v) is 2.98. The number of hydrogen-bond acceptors (Lipinski definition) is 4. The van der Waals surface area contributed by atoms with E-state index >= 15 is 0 Å². The van der Waals surface area contributed by atoms with Gasteiger partial charge in [-0.1, -0.05) is 12.1 Å². The SMILES string of the molecule is CCOc1ccccc1NC(=S)N(C)CC(=O)OC(C)(C)C. The van der Waals surface area contributed by atoms with Crippen LogP contribution < -0.4 is 10.1 Å². The number of nitrogens with zero attached hydrogens (tertiary/aromatic N) is 1. The van der Waals surface area contributed by atoms with Crippen molar-refractivity contribution >= 4 is 29.0 Å². The van der Waals surface area contributed by atoms with Crippen molar-refractivity contribution in [2.24, 2.45) is 0 Å². The van der Waals surface area contributed by atoms with Gasteiger partial charge < -0.3 is 19.7 Å². The van der Waals surface area contributed by atoms with Gasteiger partial charge in [0.2, 0.25) is 0 Å². The van der Waals surface area contributed by atoms with Gasteiger partial charge >= 0.3 is 5.97 Å². The lowest BCUT2D eigenvalue weighted by molar-refractivity contribution is -0.154. The van der Waals surface area contributed by atoms with Gasteiger partial charge in [0.05, 0.1) is 12.3 Å². The number of hydrogen-bond donors (Lipinski definition) is 1. The molecule has 0 aliphatic carbocycles. The van der Waals surface area contributed by atoms with Crippen molar-refractivity contribution in [2.45, 2.75) is 33.3 Å². The molecule has 0 fully saturated rings. The lowest BCUT2D eigenvalue weighted by Crippen LogP contribution is -2.38. The van der Waals surface area contributed by atoms with Gasteiger partial charge in [0.25, 0.3) is 0 Å². The summed E-state index contributed by atoms with van der Waals surface area (Å²) in [6, 6.07) is 7.52. The Morgan fingerprint density at radius 1 is 1.32 bits per heavy atom. The van der Waals surface area contributed by atoms with E-state index in [1.54, 1.807) is 11.9 Å². The Kier molecular flexibility index (Phi) is 6.61. The largest absolute Gasteiger partial charge is 0.492 e. The summed E-state index contributed by atoms with van der Waals surface area (Å²) in [5.41, 5.74) is 0.263. The van der Waals surface area contributed by atoms with Crippen molar-refractivity contribution in [2.75, 3.05) is 25.5 Å². The fourth-order valence-corrected chi connectivity index (χ4v) is 1.88. The zero-order chi connectivity index (χ0) is 16.8. The molecule has 122 valence electrons. The maximum absolute atomic E-state index is 11.8. The summed E-state index contributed by atoms with van der Waals surface area (Å²) in [6.45, 7) is 8.07. The topological polar surface area (TPSA) is 50.8 Å². The van der Waals surface area contributed by atoms with Gasteiger partial charge in [-0.25, -0.2) is 0 Å². The van der Waals surface area contributed by atoms with Crippen molar-refractivity contribution in [1.29, 1.82) is 0 Å². The van der Waals surface area contributed by atoms with E-state index in [1.165, 1.54) is 0 Å². The Balaban J connectivity index is 2.63. The first kappa shape index (κ1) is 18.2. The van der Waals surface area contributed by atoms with Gasteiger partial charge in [-0.3, -0.25) is 4.79 Å². The average Bonchev–Trinajstić information content (AvgIpc) is 2.38. The smallest absolute Gasteiger partial charge is 0.326 e. The Bertz CT molecular complexity index is 526. The maximum Gasteiger partial charge on any atom is 0.326 e. The van der Waals surface area contributed by atoms with Crippen LogP contribution in [0.15, 0.2) is 24.3 Å². The van der Waals surface area contributed by atoms with Crippen molar-refractivity contribution in [3.63, 3.8) is 0 Å². The molecule has 0 aliphatic heterocycles. The molecule has 0 aromatic heterocycles. The number of rotatable bonds is 5. The number of esters is 1. The van der Waals surface area contributed by atoms with E-state index in [-0.39, 0.29) is 12.5 Å². The summed E-state index contributed by atoms with van der Waals surface area (Å²) in [5, 5.41) is 3.52. The van der Waals surface area contributed by atoms with Crippen LogP contribution in [0.2, 0.25) is 0 Å². The molecule has 0 spiro atoms. The second kappa shape index (κ2) is 7.98. The highest BCUT2D eigenvalue weighted by Crippen LogP contribution is 2.23. The maximum atomic E-state index is 11.8. The van der Waals surface area contributed by atoms with Crippen molar-refractivity contribution in [3.8, 4) is 5.75 Å². The first-order valence-electron chi connectivity index (χ1n) is 7.18. The quantitative estimate of drug-likeness (QED) is 0.663. The van der Waals surface area contributed by atoms with Crippen molar-refractivity contribution in [1.82, 2.24) is 4.90 Å². The Morgan fingerprint density at radius 2 is 1.95 bits per heavy atom. The number of likely N-dealkylation sites (N-methyl/N-ethyl adjacent to an activating group) is 1. The molecule has 0 saturated carbocycles.